The van der Waals surface area contributed by atoms with Gasteiger partial charge in [-0.1, -0.05) is 51.9 Å². The third-order valence-electron chi connectivity index (χ3n) is 3.30. The molecule has 0 heterocycles. The number of fused-ring (bicyclic) bond motifs is 2. The van der Waals surface area contributed by atoms with Gasteiger partial charge in [-0.3, -0.25) is 0 Å². The number of esters is 1. The highest BCUT2D eigenvalue weighted by molar-refractivity contribution is 8.76. The smallest absolute Gasteiger partial charge is 0.339 e. The molecule has 0 saturated heterocycles. The Labute approximate surface area is 131 Å². The molecule has 0 aromatic heterocycles. The van der Waals surface area contributed by atoms with Crippen molar-refractivity contribution in [2.75, 3.05) is 12.2 Å². The van der Waals surface area contributed by atoms with E-state index in [9.17, 15) is 4.79 Å². The van der Waals surface area contributed by atoms with E-state index in [0.29, 0.717) is 11.5 Å². The van der Waals surface area contributed by atoms with E-state index in [-0.39, 0.29) is 5.97 Å². The van der Waals surface area contributed by atoms with Crippen LogP contribution in [-0.2, 0) is 4.74 Å². The number of hydrogen-bond donors (Lipinski definition) is 0. The molecule has 2 nitrogen and oxygen atoms in total. The fourth-order valence-corrected chi connectivity index (χ4v) is 2.96. The van der Waals surface area contributed by atoms with Gasteiger partial charge in [0.25, 0.3) is 0 Å². The van der Waals surface area contributed by atoms with E-state index in [1.807, 2.05) is 36.6 Å². The van der Waals surface area contributed by atoms with Gasteiger partial charge in [0.05, 0.1) is 5.56 Å². The van der Waals surface area contributed by atoms with Crippen molar-refractivity contribution in [2.24, 2.45) is 0 Å². The Kier molecular flexibility index (Phi) is 4.36. The molecule has 0 amide bonds. The lowest BCUT2D eigenvalue weighted by molar-refractivity contribution is 0.0580. The van der Waals surface area contributed by atoms with E-state index in [0.717, 1.165) is 10.8 Å². The van der Waals surface area contributed by atoms with Crippen LogP contribution in [0.3, 0.4) is 0 Å². The number of benzene rings is 3. The highest BCUT2D eigenvalue weighted by atomic mass is 33.1. The monoisotopic (exact) mass is 314 g/mol. The summed E-state index contributed by atoms with van der Waals surface area (Å²) < 4.78 is 5.21. The van der Waals surface area contributed by atoms with Crippen LogP contribution in [0.1, 0.15) is 10.4 Å². The van der Waals surface area contributed by atoms with Gasteiger partial charge in [0, 0.05) is 0 Å². The third kappa shape index (κ3) is 3.17. The van der Waals surface area contributed by atoms with E-state index in [4.69, 9.17) is 4.74 Å². The van der Waals surface area contributed by atoms with Crippen molar-refractivity contribution in [1.82, 2.24) is 0 Å². The molecule has 0 radical (unpaired) electrons. The summed E-state index contributed by atoms with van der Waals surface area (Å²) in [7, 11) is 3.09. The maximum atomic E-state index is 12.0. The van der Waals surface area contributed by atoms with Crippen molar-refractivity contribution in [3.05, 3.63) is 60.2 Å². The van der Waals surface area contributed by atoms with Crippen LogP contribution in [0.5, 0.6) is 0 Å². The Morgan fingerprint density at radius 1 is 0.952 bits per heavy atom. The molecule has 0 aliphatic rings. The summed E-state index contributed by atoms with van der Waals surface area (Å²) >= 11 is 0. The first-order valence-corrected chi connectivity index (χ1v) is 9.26. The quantitative estimate of drug-likeness (QED) is 0.219. The summed E-state index contributed by atoms with van der Waals surface area (Å²) in [5.74, 6) is 0.0991. The van der Waals surface area contributed by atoms with Gasteiger partial charge in [0.15, 0.2) is 0 Å². The number of rotatable bonds is 4. The average molecular weight is 314 g/mol. The highest BCUT2D eigenvalue weighted by Crippen LogP contribution is 2.24. The highest BCUT2D eigenvalue weighted by Gasteiger charge is 2.08. The molecule has 3 aromatic rings. The zero-order valence-corrected chi connectivity index (χ0v) is 13.2. The molecule has 3 rings (SSSR count). The Balaban J connectivity index is 1.95. The molecule has 0 spiro atoms. The molecule has 4 heteroatoms. The van der Waals surface area contributed by atoms with Crippen molar-refractivity contribution < 1.29 is 9.53 Å². The van der Waals surface area contributed by atoms with Gasteiger partial charge in [-0.2, -0.15) is 0 Å². The Bertz CT molecular complexity index is 799. The van der Waals surface area contributed by atoms with Crippen LogP contribution in [0.25, 0.3) is 21.5 Å². The normalized spacial score (nSPS) is 10.9. The van der Waals surface area contributed by atoms with E-state index in [2.05, 4.69) is 24.3 Å². The van der Waals surface area contributed by atoms with Crippen LogP contribution in [0.15, 0.2) is 54.6 Å². The standard InChI is InChI=1S/C17H14O2S2/c1-20-21-11-19-17(18)15-7-6-14-8-12-4-2-3-5-13(12)9-16(14)10-15/h2-10H,11H2,1H3. The van der Waals surface area contributed by atoms with Gasteiger partial charge in [0.2, 0.25) is 0 Å². The zero-order chi connectivity index (χ0) is 14.7. The van der Waals surface area contributed by atoms with E-state index in [1.54, 1.807) is 10.8 Å². The minimum absolute atomic E-state index is 0.272. The second-order valence-corrected chi connectivity index (χ2v) is 7.11. The molecule has 0 aliphatic heterocycles. The summed E-state index contributed by atoms with van der Waals surface area (Å²) in [6, 6.07) is 18.2. The lowest BCUT2D eigenvalue weighted by Crippen LogP contribution is -2.03. The number of ether oxygens (including phenoxy) is 1. The fraction of sp³-hybridized carbons (Fsp3) is 0.118. The molecule has 0 saturated carbocycles. The predicted octanol–water partition coefficient (Wildman–Crippen LogP) is 5.12. The molecule has 0 unspecified atom stereocenters. The Morgan fingerprint density at radius 2 is 1.62 bits per heavy atom. The average Bonchev–Trinajstić information content (AvgIpc) is 2.52. The van der Waals surface area contributed by atoms with Gasteiger partial charge in [-0.25, -0.2) is 4.79 Å². The molecule has 0 atom stereocenters. The molecule has 0 aliphatic carbocycles. The van der Waals surface area contributed by atoms with Gasteiger partial charge in [-0.15, -0.1) is 0 Å². The van der Waals surface area contributed by atoms with E-state index in [1.165, 1.54) is 21.6 Å². The predicted molar refractivity (Wildman–Crippen MR) is 92.8 cm³/mol. The molecule has 0 N–H and O–H groups in total. The number of hydrogen-bond acceptors (Lipinski definition) is 4. The molecular formula is C17H14O2S2. The largest absolute Gasteiger partial charge is 0.450 e. The van der Waals surface area contributed by atoms with Gasteiger partial charge < -0.3 is 4.74 Å². The Morgan fingerprint density at radius 3 is 2.33 bits per heavy atom. The van der Waals surface area contributed by atoms with Crippen LogP contribution >= 0.6 is 21.6 Å². The third-order valence-corrected chi connectivity index (χ3v) is 4.74. The Hall–Kier alpha value is -1.65. The SMILES string of the molecule is CSSCOC(=O)c1ccc2cc3ccccc3cc2c1. The molecule has 106 valence electrons. The van der Waals surface area contributed by atoms with Crippen LogP contribution in [-0.4, -0.2) is 18.2 Å². The second kappa shape index (κ2) is 6.41. The van der Waals surface area contributed by atoms with Crippen molar-refractivity contribution in [1.29, 1.82) is 0 Å². The maximum Gasteiger partial charge on any atom is 0.339 e. The molecule has 3 aromatic carbocycles. The molecule has 0 bridgehead atoms. The fourth-order valence-electron chi connectivity index (χ4n) is 2.28. The van der Waals surface area contributed by atoms with Crippen LogP contribution < -0.4 is 0 Å². The summed E-state index contributed by atoms with van der Waals surface area (Å²) in [5.41, 5.74) is 0.597. The molecule has 21 heavy (non-hydrogen) atoms. The lowest BCUT2D eigenvalue weighted by atomic mass is 10.0. The molecular weight excluding hydrogens is 300 g/mol. The summed E-state index contributed by atoms with van der Waals surface area (Å²) in [6.45, 7) is 0. The van der Waals surface area contributed by atoms with Crippen LogP contribution in [0.2, 0.25) is 0 Å². The summed E-state index contributed by atoms with van der Waals surface area (Å²) in [5, 5.41) is 4.56. The van der Waals surface area contributed by atoms with Crippen molar-refractivity contribution >= 4 is 49.1 Å². The minimum atomic E-state index is -0.272. The zero-order valence-electron chi connectivity index (χ0n) is 11.5. The van der Waals surface area contributed by atoms with Crippen molar-refractivity contribution in [2.45, 2.75) is 0 Å². The van der Waals surface area contributed by atoms with E-state index >= 15 is 0 Å². The summed E-state index contributed by atoms with van der Waals surface area (Å²) in [4.78, 5) is 12.0. The van der Waals surface area contributed by atoms with Crippen molar-refractivity contribution in [3.8, 4) is 0 Å². The van der Waals surface area contributed by atoms with E-state index < -0.39 is 0 Å². The number of carbonyl (C=O) groups is 1. The van der Waals surface area contributed by atoms with Gasteiger partial charge >= 0.3 is 5.97 Å². The maximum absolute atomic E-state index is 12.0. The minimum Gasteiger partial charge on any atom is -0.450 e. The first-order chi connectivity index (χ1) is 10.3. The first kappa shape index (κ1) is 14.3. The van der Waals surface area contributed by atoms with Crippen LogP contribution in [0, 0.1) is 0 Å². The van der Waals surface area contributed by atoms with Gasteiger partial charge in [0.1, 0.15) is 5.94 Å². The summed E-state index contributed by atoms with van der Waals surface area (Å²) in [6.07, 6.45) is 1.96. The first-order valence-electron chi connectivity index (χ1n) is 6.53. The van der Waals surface area contributed by atoms with Crippen LogP contribution in [0.4, 0.5) is 0 Å². The van der Waals surface area contributed by atoms with Crippen molar-refractivity contribution in [3.63, 3.8) is 0 Å². The van der Waals surface area contributed by atoms with Gasteiger partial charge in [-0.05, 0) is 52.1 Å². The second-order valence-electron chi connectivity index (χ2n) is 4.60. The topological polar surface area (TPSA) is 26.3 Å². The lowest BCUT2D eigenvalue weighted by Gasteiger charge is -2.06. The number of carbonyl (C=O) groups excluding carboxylic acids is 1. The molecule has 0 fully saturated rings.